The first-order valence-electron chi connectivity index (χ1n) is 10.6. The monoisotopic (exact) mass is 479 g/mol. The van der Waals surface area contributed by atoms with Crippen LogP contribution in [0.4, 0.5) is 26.4 Å². The molecular weight excluding hydrogens is 456 g/mol. The van der Waals surface area contributed by atoms with Crippen molar-refractivity contribution in [2.24, 2.45) is 11.7 Å². The number of halogens is 3. The lowest BCUT2D eigenvalue weighted by molar-refractivity contribution is -0.122. The lowest BCUT2D eigenvalue weighted by Crippen LogP contribution is -2.29. The van der Waals surface area contributed by atoms with Gasteiger partial charge in [-0.05, 0) is 44.7 Å². The van der Waals surface area contributed by atoms with Crippen LogP contribution in [-0.4, -0.2) is 43.2 Å². The van der Waals surface area contributed by atoms with Crippen molar-refractivity contribution in [3.63, 3.8) is 0 Å². The van der Waals surface area contributed by atoms with Crippen LogP contribution in [-0.2, 0) is 4.79 Å². The summed E-state index contributed by atoms with van der Waals surface area (Å²) in [6.45, 7) is 1.66. The highest BCUT2D eigenvalue weighted by Crippen LogP contribution is 2.37. The highest BCUT2D eigenvalue weighted by molar-refractivity contribution is 6.30. The molecule has 12 heteroatoms. The first-order chi connectivity index (χ1) is 15.8. The molecule has 1 fully saturated rings. The number of primary amides is 1. The van der Waals surface area contributed by atoms with Gasteiger partial charge in [-0.2, -0.15) is 4.98 Å². The van der Waals surface area contributed by atoms with Crippen molar-refractivity contribution in [3.05, 3.63) is 35.0 Å². The van der Waals surface area contributed by atoms with Crippen LogP contribution in [0.1, 0.15) is 38.6 Å². The number of benzene rings is 1. The Hall–Kier alpha value is -3.05. The molecule has 1 aromatic carbocycles. The van der Waals surface area contributed by atoms with Crippen molar-refractivity contribution in [1.29, 1.82) is 0 Å². The number of amides is 1. The Morgan fingerprint density at radius 2 is 1.94 bits per heavy atom. The second-order valence-corrected chi connectivity index (χ2v) is 8.65. The van der Waals surface area contributed by atoms with Crippen molar-refractivity contribution in [1.82, 2.24) is 19.5 Å². The zero-order valence-corrected chi connectivity index (χ0v) is 18.6. The van der Waals surface area contributed by atoms with Gasteiger partial charge in [0, 0.05) is 23.0 Å². The second-order valence-electron chi connectivity index (χ2n) is 8.21. The van der Waals surface area contributed by atoms with Crippen LogP contribution >= 0.6 is 11.6 Å². The maximum Gasteiger partial charge on any atom is 0.225 e. The molecule has 2 heterocycles. The number of aliphatic hydroxyl groups excluding tert-OH is 1. The zero-order valence-electron chi connectivity index (χ0n) is 17.9. The van der Waals surface area contributed by atoms with Crippen LogP contribution in [0.5, 0.6) is 0 Å². The molecule has 9 nitrogen and oxygen atoms in total. The van der Waals surface area contributed by atoms with Crippen molar-refractivity contribution in [2.75, 3.05) is 17.2 Å². The highest BCUT2D eigenvalue weighted by atomic mass is 35.5. The van der Waals surface area contributed by atoms with Crippen LogP contribution in [0.15, 0.2) is 18.3 Å². The lowest BCUT2D eigenvalue weighted by atomic mass is 9.85. The summed E-state index contributed by atoms with van der Waals surface area (Å²) in [5.41, 5.74) is 5.96. The van der Waals surface area contributed by atoms with Crippen LogP contribution < -0.4 is 16.4 Å². The fourth-order valence-corrected chi connectivity index (χ4v) is 4.24. The van der Waals surface area contributed by atoms with Crippen LogP contribution in [0, 0.1) is 17.6 Å². The lowest BCUT2D eigenvalue weighted by Gasteiger charge is -2.29. The van der Waals surface area contributed by atoms with Gasteiger partial charge < -0.3 is 21.5 Å². The molecule has 3 aromatic rings. The van der Waals surface area contributed by atoms with Crippen LogP contribution in [0.25, 0.3) is 11.2 Å². The van der Waals surface area contributed by atoms with Gasteiger partial charge in [-0.25, -0.2) is 18.7 Å². The highest BCUT2D eigenvalue weighted by Gasteiger charge is 2.29. The van der Waals surface area contributed by atoms with E-state index in [0.717, 1.165) is 12.1 Å². The molecule has 1 aliphatic rings. The smallest absolute Gasteiger partial charge is 0.225 e. The first kappa shape index (κ1) is 23.1. The average Bonchev–Trinajstić information content (AvgIpc) is 3.13. The number of aliphatic hydroxyl groups is 1. The van der Waals surface area contributed by atoms with Gasteiger partial charge in [-0.15, -0.1) is 0 Å². The summed E-state index contributed by atoms with van der Waals surface area (Å²) in [6.07, 6.45) is 3.89. The number of rotatable bonds is 7. The number of nitrogens with one attached hydrogen (secondary N) is 2. The fourth-order valence-electron chi connectivity index (χ4n) is 4.05. The molecule has 1 amide bonds. The third kappa shape index (κ3) is 4.83. The number of carbonyl (C=O) groups excluding carboxylic acids is 1. The number of hydrogen-bond donors (Lipinski definition) is 4. The van der Waals surface area contributed by atoms with E-state index in [1.54, 1.807) is 11.5 Å². The number of hydrogen-bond acceptors (Lipinski definition) is 7. The largest absolute Gasteiger partial charge is 0.394 e. The summed E-state index contributed by atoms with van der Waals surface area (Å²) >= 11 is 5.74. The summed E-state index contributed by atoms with van der Waals surface area (Å²) in [4.78, 5) is 24.8. The minimum Gasteiger partial charge on any atom is -0.394 e. The molecule has 0 bridgehead atoms. The van der Waals surface area contributed by atoms with Gasteiger partial charge in [0.2, 0.25) is 17.8 Å². The van der Waals surface area contributed by atoms with E-state index in [4.69, 9.17) is 17.3 Å². The van der Waals surface area contributed by atoms with Gasteiger partial charge in [0.1, 0.15) is 11.2 Å². The predicted octanol–water partition coefficient (Wildman–Crippen LogP) is 3.51. The number of carbonyl (C=O) groups is 1. The Labute approximate surface area is 193 Å². The Morgan fingerprint density at radius 3 is 2.55 bits per heavy atom. The second kappa shape index (κ2) is 9.44. The number of nitrogens with zero attached hydrogens (tertiary/aromatic N) is 4. The molecule has 0 aliphatic heterocycles. The minimum absolute atomic E-state index is 0.0617. The summed E-state index contributed by atoms with van der Waals surface area (Å²) in [6, 6.07) is 1.61. The normalized spacial score (nSPS) is 19.4. The maximum absolute atomic E-state index is 14.5. The molecule has 2 aromatic heterocycles. The van der Waals surface area contributed by atoms with Crippen LogP contribution in [0.3, 0.4) is 0 Å². The average molecular weight is 480 g/mol. The van der Waals surface area contributed by atoms with Gasteiger partial charge >= 0.3 is 0 Å². The van der Waals surface area contributed by atoms with Crippen molar-refractivity contribution in [2.45, 2.75) is 44.7 Å². The van der Waals surface area contributed by atoms with Crippen LogP contribution in [0.2, 0.25) is 5.02 Å². The van der Waals surface area contributed by atoms with E-state index in [0.29, 0.717) is 36.8 Å². The van der Waals surface area contributed by atoms with E-state index in [-0.39, 0.29) is 53.1 Å². The number of imidazole rings is 1. The topological polar surface area (TPSA) is 131 Å². The molecule has 5 N–H and O–H groups in total. The Bertz CT molecular complexity index is 1160. The summed E-state index contributed by atoms with van der Waals surface area (Å²) in [5.74, 6) is -1.79. The number of aromatic nitrogens is 4. The maximum atomic E-state index is 14.5. The van der Waals surface area contributed by atoms with Gasteiger partial charge in [0.15, 0.2) is 17.3 Å². The summed E-state index contributed by atoms with van der Waals surface area (Å²) in [7, 11) is 0. The number of fused-ring (bicyclic) bond motifs is 1. The zero-order chi connectivity index (χ0) is 23.7. The Morgan fingerprint density at radius 1 is 1.27 bits per heavy atom. The van der Waals surface area contributed by atoms with Crippen molar-refractivity contribution >= 4 is 46.3 Å². The molecule has 0 radical (unpaired) electrons. The summed E-state index contributed by atoms with van der Waals surface area (Å²) < 4.78 is 30.7. The molecule has 176 valence electrons. The van der Waals surface area contributed by atoms with E-state index in [1.165, 1.54) is 6.20 Å². The third-order valence-electron chi connectivity index (χ3n) is 5.79. The quantitative estimate of drug-likeness (QED) is 0.407. The van der Waals surface area contributed by atoms with E-state index in [1.807, 2.05) is 0 Å². The third-order valence-corrected chi connectivity index (χ3v) is 6.01. The SMILES string of the molecule is C[C@H](CO)Nc1ncc2nc(Nc3c(F)cc(Cl)cc3F)n(C3CCC(C(N)=O)CC3)c2n1. The molecule has 4 rings (SSSR count). The molecule has 1 atom stereocenters. The number of nitrogens with two attached hydrogens (primary N) is 1. The molecule has 0 spiro atoms. The molecular formula is C21H24ClF2N7O2. The van der Waals surface area contributed by atoms with Gasteiger partial charge in [0.25, 0.3) is 0 Å². The predicted molar refractivity (Wildman–Crippen MR) is 120 cm³/mol. The Balaban J connectivity index is 1.77. The molecule has 0 unspecified atom stereocenters. The Kier molecular flexibility index (Phi) is 6.61. The van der Waals surface area contributed by atoms with E-state index in [9.17, 15) is 18.7 Å². The minimum atomic E-state index is -0.860. The van der Waals surface area contributed by atoms with E-state index in [2.05, 4.69) is 25.6 Å². The number of anilines is 3. The van der Waals surface area contributed by atoms with Gasteiger partial charge in [-0.1, -0.05) is 11.6 Å². The van der Waals surface area contributed by atoms with Gasteiger partial charge in [0.05, 0.1) is 12.8 Å². The standard InChI is InChI=1S/C21H24ClF2N7O2/c1-10(9-32)27-20-26-8-16-19(30-20)31(13-4-2-11(3-5-13)18(25)33)21(28-16)29-17-14(23)6-12(22)7-15(17)24/h6-8,10-11,13,32H,2-5,9H2,1H3,(H2,25,33)(H,28,29)(H,26,27,30)/t10-,11?,13?/m1/s1. The van der Waals surface area contributed by atoms with Crippen molar-refractivity contribution < 1.29 is 18.7 Å². The molecule has 1 saturated carbocycles. The first-order valence-corrected chi connectivity index (χ1v) is 11.0. The molecule has 33 heavy (non-hydrogen) atoms. The fraction of sp³-hybridized carbons (Fsp3) is 0.429. The van der Waals surface area contributed by atoms with E-state index < -0.39 is 11.6 Å². The van der Waals surface area contributed by atoms with Gasteiger partial charge in [-0.3, -0.25) is 9.36 Å². The molecule has 1 aliphatic carbocycles. The van der Waals surface area contributed by atoms with Crippen molar-refractivity contribution in [3.8, 4) is 0 Å². The molecule has 0 saturated heterocycles. The summed E-state index contributed by atoms with van der Waals surface area (Å²) in [5, 5.41) is 15.0. The van der Waals surface area contributed by atoms with E-state index >= 15 is 0 Å².